The van der Waals surface area contributed by atoms with Crippen LogP contribution in [0.4, 0.5) is 5.82 Å². The van der Waals surface area contributed by atoms with E-state index in [0.29, 0.717) is 23.8 Å². The molecule has 0 aromatic carbocycles. The van der Waals surface area contributed by atoms with Crippen molar-refractivity contribution in [3.05, 3.63) is 16.5 Å². The van der Waals surface area contributed by atoms with Gasteiger partial charge in [0.25, 0.3) is 0 Å². The minimum Gasteiger partial charge on any atom is -0.396 e. The van der Waals surface area contributed by atoms with Gasteiger partial charge >= 0.3 is 0 Å². The summed E-state index contributed by atoms with van der Waals surface area (Å²) < 4.78 is 0. The van der Waals surface area contributed by atoms with Crippen LogP contribution in [0.5, 0.6) is 0 Å². The number of nitrogens with one attached hydrogen (secondary N) is 1. The Morgan fingerprint density at radius 1 is 1.44 bits per heavy atom. The van der Waals surface area contributed by atoms with E-state index in [1.807, 2.05) is 13.8 Å². The van der Waals surface area contributed by atoms with E-state index in [1.54, 1.807) is 0 Å². The average molecular weight is 264 g/mol. The Kier molecular flexibility index (Phi) is 4.77. The predicted molar refractivity (Wildman–Crippen MR) is 66.0 cm³/mol. The van der Waals surface area contributed by atoms with Crippen molar-refractivity contribution in [2.24, 2.45) is 5.41 Å². The number of aromatic nitrogens is 2. The number of nitrogens with zero attached hydrogens (tertiary/aromatic N) is 2. The summed E-state index contributed by atoms with van der Waals surface area (Å²) in [5.41, 5.74) is -0.0322. The Balaban J connectivity index is 2.63. The van der Waals surface area contributed by atoms with E-state index < -0.39 is 0 Å². The lowest BCUT2D eigenvalue weighted by atomic mass is 9.90. The van der Waals surface area contributed by atoms with Crippen molar-refractivity contribution in [1.29, 1.82) is 0 Å². The van der Waals surface area contributed by atoms with Crippen LogP contribution in [0.15, 0.2) is 6.20 Å². The molecule has 0 spiro atoms. The van der Waals surface area contributed by atoms with Gasteiger partial charge in [0.1, 0.15) is 10.8 Å². The largest absolute Gasteiger partial charge is 0.396 e. The lowest BCUT2D eigenvalue weighted by Gasteiger charge is -2.24. The Morgan fingerprint density at radius 2 is 2.12 bits per heavy atom. The third-order valence-electron chi connectivity index (χ3n) is 2.24. The maximum Gasteiger partial charge on any atom is 0.224 e. The van der Waals surface area contributed by atoms with E-state index in [0.717, 1.165) is 0 Å². The lowest BCUT2D eigenvalue weighted by Crippen LogP contribution is -2.24. The first-order valence-corrected chi connectivity index (χ1v) is 5.73. The average Bonchev–Trinajstić information content (AvgIpc) is 2.19. The quantitative estimate of drug-likeness (QED) is 0.802. The van der Waals surface area contributed by atoms with Crippen LogP contribution in [-0.4, -0.2) is 28.2 Å². The van der Waals surface area contributed by atoms with E-state index in [1.165, 1.54) is 6.20 Å². The predicted octanol–water partition coefficient (Wildman–Crippen LogP) is 2.60. The van der Waals surface area contributed by atoms with Crippen LogP contribution in [0, 0.1) is 5.41 Å². The number of aliphatic hydroxyl groups excluding tert-OH is 1. The monoisotopic (exact) mass is 263 g/mol. The van der Waals surface area contributed by atoms with E-state index in [9.17, 15) is 0 Å². The van der Waals surface area contributed by atoms with Crippen LogP contribution in [0.2, 0.25) is 10.3 Å². The normalized spacial score (nSPS) is 11.6. The Labute approximate surface area is 105 Å². The molecule has 4 nitrogen and oxygen atoms in total. The molecule has 1 aromatic heterocycles. The summed E-state index contributed by atoms with van der Waals surface area (Å²) in [6, 6.07) is 0. The molecule has 1 rings (SSSR count). The third-order valence-corrected chi connectivity index (χ3v) is 2.70. The highest BCUT2D eigenvalue weighted by Gasteiger charge is 2.17. The maximum atomic E-state index is 8.90. The van der Waals surface area contributed by atoms with E-state index in [2.05, 4.69) is 15.3 Å². The molecule has 2 N–H and O–H groups in total. The molecular formula is C10H15Cl2N3O. The van der Waals surface area contributed by atoms with Gasteiger partial charge in [0.15, 0.2) is 0 Å². The molecule has 0 aliphatic rings. The Bertz CT molecular complexity index is 358. The summed E-state index contributed by atoms with van der Waals surface area (Å²) in [5, 5.41) is 12.6. The van der Waals surface area contributed by atoms with Crippen LogP contribution in [0.3, 0.4) is 0 Å². The van der Waals surface area contributed by atoms with Gasteiger partial charge in [-0.3, -0.25) is 0 Å². The number of aliphatic hydroxyl groups is 1. The molecule has 0 saturated heterocycles. The summed E-state index contributed by atoms with van der Waals surface area (Å²) >= 11 is 11.6. The summed E-state index contributed by atoms with van der Waals surface area (Å²) in [5.74, 6) is 0.521. The van der Waals surface area contributed by atoms with Crippen molar-refractivity contribution < 1.29 is 5.11 Å². The number of hydrogen-bond acceptors (Lipinski definition) is 4. The molecule has 0 aliphatic heterocycles. The second-order valence-electron chi connectivity index (χ2n) is 4.33. The second-order valence-corrected chi connectivity index (χ2v) is 5.07. The molecule has 16 heavy (non-hydrogen) atoms. The smallest absolute Gasteiger partial charge is 0.224 e. The topological polar surface area (TPSA) is 58.0 Å². The second kappa shape index (κ2) is 5.66. The summed E-state index contributed by atoms with van der Waals surface area (Å²) in [7, 11) is 0. The first-order chi connectivity index (χ1) is 7.44. The van der Waals surface area contributed by atoms with Crippen molar-refractivity contribution in [3.8, 4) is 0 Å². The van der Waals surface area contributed by atoms with Crippen LogP contribution >= 0.6 is 23.2 Å². The molecule has 0 saturated carbocycles. The zero-order valence-corrected chi connectivity index (χ0v) is 10.8. The maximum absolute atomic E-state index is 8.90. The van der Waals surface area contributed by atoms with Gasteiger partial charge in [-0.05, 0) is 23.4 Å². The summed E-state index contributed by atoms with van der Waals surface area (Å²) in [4.78, 5) is 7.75. The fourth-order valence-corrected chi connectivity index (χ4v) is 1.47. The highest BCUT2D eigenvalue weighted by atomic mass is 35.5. The van der Waals surface area contributed by atoms with Gasteiger partial charge in [-0.1, -0.05) is 25.4 Å². The highest BCUT2D eigenvalue weighted by Crippen LogP contribution is 2.24. The molecule has 0 amide bonds. The van der Waals surface area contributed by atoms with Crippen LogP contribution < -0.4 is 5.32 Å². The van der Waals surface area contributed by atoms with E-state index >= 15 is 0 Å². The number of halogens is 2. The molecule has 0 radical (unpaired) electrons. The minimum absolute atomic E-state index is 0.0322. The van der Waals surface area contributed by atoms with Crippen molar-refractivity contribution in [2.75, 3.05) is 18.5 Å². The van der Waals surface area contributed by atoms with E-state index in [4.69, 9.17) is 28.3 Å². The Hall–Kier alpha value is -0.580. The molecule has 1 aromatic rings. The zero-order valence-electron chi connectivity index (χ0n) is 9.30. The molecule has 90 valence electrons. The van der Waals surface area contributed by atoms with Crippen molar-refractivity contribution >= 4 is 29.0 Å². The van der Waals surface area contributed by atoms with Gasteiger partial charge in [0.05, 0.1) is 6.20 Å². The van der Waals surface area contributed by atoms with Gasteiger partial charge in [-0.25, -0.2) is 4.98 Å². The van der Waals surface area contributed by atoms with Gasteiger partial charge in [0.2, 0.25) is 5.28 Å². The summed E-state index contributed by atoms with van der Waals surface area (Å²) in [6.45, 7) is 4.91. The highest BCUT2D eigenvalue weighted by molar-refractivity contribution is 6.33. The van der Waals surface area contributed by atoms with Crippen LogP contribution in [0.1, 0.15) is 20.3 Å². The number of anilines is 1. The molecule has 0 atom stereocenters. The zero-order chi connectivity index (χ0) is 12.2. The van der Waals surface area contributed by atoms with Gasteiger partial charge in [-0.15, -0.1) is 0 Å². The minimum atomic E-state index is -0.0322. The fraction of sp³-hybridized carbons (Fsp3) is 0.600. The van der Waals surface area contributed by atoms with Gasteiger partial charge < -0.3 is 10.4 Å². The molecule has 0 unspecified atom stereocenters. The SMILES string of the molecule is CC(C)(CCO)CNc1nc(Cl)ncc1Cl. The third kappa shape index (κ3) is 4.12. The molecular weight excluding hydrogens is 249 g/mol. The van der Waals surface area contributed by atoms with E-state index in [-0.39, 0.29) is 17.3 Å². The first kappa shape index (κ1) is 13.5. The standard InChI is InChI=1S/C10H15Cl2N3O/c1-10(2,3-4-16)6-14-8-7(11)5-13-9(12)15-8/h5,16H,3-4,6H2,1-2H3,(H,13,14,15). The molecule has 0 aliphatic carbocycles. The molecule has 0 bridgehead atoms. The van der Waals surface area contributed by atoms with Crippen molar-refractivity contribution in [2.45, 2.75) is 20.3 Å². The number of rotatable bonds is 5. The molecule has 0 fully saturated rings. The fourth-order valence-electron chi connectivity index (χ4n) is 1.18. The molecule has 6 heteroatoms. The summed E-state index contributed by atoms with van der Waals surface area (Å²) in [6.07, 6.45) is 2.16. The lowest BCUT2D eigenvalue weighted by molar-refractivity contribution is 0.220. The Morgan fingerprint density at radius 3 is 2.75 bits per heavy atom. The molecule has 1 heterocycles. The first-order valence-electron chi connectivity index (χ1n) is 4.97. The van der Waals surface area contributed by atoms with Crippen molar-refractivity contribution in [1.82, 2.24) is 9.97 Å². The van der Waals surface area contributed by atoms with Gasteiger partial charge in [0, 0.05) is 13.2 Å². The van der Waals surface area contributed by atoms with Crippen LogP contribution in [0.25, 0.3) is 0 Å². The van der Waals surface area contributed by atoms with Gasteiger partial charge in [-0.2, -0.15) is 4.98 Å². The van der Waals surface area contributed by atoms with Crippen molar-refractivity contribution in [3.63, 3.8) is 0 Å². The number of hydrogen-bond donors (Lipinski definition) is 2. The van der Waals surface area contributed by atoms with Crippen LogP contribution in [-0.2, 0) is 0 Å².